The Morgan fingerprint density at radius 1 is 1.53 bits per heavy atom. The van der Waals surface area contributed by atoms with Gasteiger partial charge >= 0.3 is 0 Å². The van der Waals surface area contributed by atoms with E-state index in [2.05, 4.69) is 35.4 Å². The lowest BCUT2D eigenvalue weighted by atomic mass is 9.92. The summed E-state index contributed by atoms with van der Waals surface area (Å²) in [4.78, 5) is 2.37. The number of aromatic nitrogens is 1. The molecule has 17 heavy (non-hydrogen) atoms. The second kappa shape index (κ2) is 6.17. The van der Waals surface area contributed by atoms with E-state index in [1.165, 1.54) is 19.3 Å². The minimum absolute atomic E-state index is 0.752. The van der Waals surface area contributed by atoms with Gasteiger partial charge in [0.1, 0.15) is 0 Å². The fourth-order valence-corrected chi connectivity index (χ4v) is 2.11. The maximum Gasteiger partial charge on any atom is 0.151 e. The third-order valence-electron chi connectivity index (χ3n) is 3.44. The van der Waals surface area contributed by atoms with Gasteiger partial charge in [0, 0.05) is 18.7 Å². The Bertz CT molecular complexity index is 333. The lowest BCUT2D eigenvalue weighted by molar-refractivity contribution is 0.139. The van der Waals surface area contributed by atoms with Gasteiger partial charge in [-0.15, -0.1) is 0 Å². The van der Waals surface area contributed by atoms with Gasteiger partial charge in [-0.05, 0) is 32.9 Å². The van der Waals surface area contributed by atoms with E-state index >= 15 is 0 Å². The van der Waals surface area contributed by atoms with Crippen molar-refractivity contribution in [3.05, 3.63) is 17.5 Å². The number of nitrogens with one attached hydrogen (secondary N) is 1. The summed E-state index contributed by atoms with van der Waals surface area (Å²) < 4.78 is 5.35. The summed E-state index contributed by atoms with van der Waals surface area (Å²) in [6.07, 6.45) is 5.18. The van der Waals surface area contributed by atoms with Crippen molar-refractivity contribution in [3.63, 3.8) is 0 Å². The minimum atomic E-state index is 0.752. The van der Waals surface area contributed by atoms with Gasteiger partial charge in [-0.3, -0.25) is 4.90 Å². The quantitative estimate of drug-likeness (QED) is 0.738. The van der Waals surface area contributed by atoms with Crippen molar-refractivity contribution < 1.29 is 4.52 Å². The molecule has 4 heteroatoms. The largest absolute Gasteiger partial charge is 0.360 e. The number of rotatable bonds is 7. The molecule has 1 fully saturated rings. The topological polar surface area (TPSA) is 41.3 Å². The molecule has 0 radical (unpaired) electrons. The van der Waals surface area contributed by atoms with Gasteiger partial charge < -0.3 is 9.84 Å². The number of hydrogen-bond donors (Lipinski definition) is 1. The summed E-state index contributed by atoms with van der Waals surface area (Å²) in [6, 6.07) is 2.82. The molecule has 0 unspecified atom stereocenters. The monoisotopic (exact) mass is 237 g/mol. The van der Waals surface area contributed by atoms with Crippen molar-refractivity contribution in [3.8, 4) is 0 Å². The number of nitrogens with zero attached hydrogens (tertiary/aromatic N) is 2. The zero-order valence-corrected chi connectivity index (χ0v) is 10.9. The third kappa shape index (κ3) is 3.54. The summed E-state index contributed by atoms with van der Waals surface area (Å²) in [6.45, 7) is 4.88. The van der Waals surface area contributed by atoms with Crippen molar-refractivity contribution in [2.24, 2.45) is 0 Å². The van der Waals surface area contributed by atoms with E-state index in [1.54, 1.807) is 0 Å². The maximum absolute atomic E-state index is 5.35. The molecule has 0 saturated heterocycles. The first kappa shape index (κ1) is 12.6. The molecule has 2 rings (SSSR count). The van der Waals surface area contributed by atoms with Crippen molar-refractivity contribution in [1.82, 2.24) is 15.4 Å². The van der Waals surface area contributed by atoms with Gasteiger partial charge in [0.05, 0.1) is 12.2 Å². The first-order valence-electron chi connectivity index (χ1n) is 6.65. The van der Waals surface area contributed by atoms with Crippen molar-refractivity contribution in [1.29, 1.82) is 0 Å². The molecule has 0 aliphatic heterocycles. The second-order valence-corrected chi connectivity index (χ2v) is 4.96. The average Bonchev–Trinajstić information content (AvgIpc) is 2.63. The van der Waals surface area contributed by atoms with Gasteiger partial charge in [-0.1, -0.05) is 18.5 Å². The van der Waals surface area contributed by atoms with Crippen LogP contribution in [0, 0.1) is 0 Å². The van der Waals surface area contributed by atoms with E-state index in [4.69, 9.17) is 4.52 Å². The Morgan fingerprint density at radius 3 is 3.00 bits per heavy atom. The zero-order valence-electron chi connectivity index (χ0n) is 10.9. The Kier molecular flexibility index (Phi) is 4.57. The SMILES string of the molecule is CCCNCc1cc(CN(C)C2CCC2)on1. The van der Waals surface area contributed by atoms with Crippen LogP contribution in [0.25, 0.3) is 0 Å². The molecule has 0 spiro atoms. The highest BCUT2D eigenvalue weighted by Gasteiger charge is 2.22. The normalized spacial score (nSPS) is 16.4. The minimum Gasteiger partial charge on any atom is -0.360 e. The predicted octanol–water partition coefficient (Wildman–Crippen LogP) is 2.16. The van der Waals surface area contributed by atoms with E-state index in [1.807, 2.05) is 0 Å². The highest BCUT2D eigenvalue weighted by Crippen LogP contribution is 2.24. The summed E-state index contributed by atoms with van der Waals surface area (Å²) in [7, 11) is 2.17. The molecule has 0 atom stereocenters. The average molecular weight is 237 g/mol. The smallest absolute Gasteiger partial charge is 0.151 e. The second-order valence-electron chi connectivity index (χ2n) is 4.96. The Hall–Kier alpha value is -0.870. The van der Waals surface area contributed by atoms with Gasteiger partial charge in [0.2, 0.25) is 0 Å². The fraction of sp³-hybridized carbons (Fsp3) is 0.769. The fourth-order valence-electron chi connectivity index (χ4n) is 2.11. The molecule has 1 aromatic rings. The van der Waals surface area contributed by atoms with Crippen LogP contribution in [0.2, 0.25) is 0 Å². The van der Waals surface area contributed by atoms with Crippen LogP contribution < -0.4 is 5.32 Å². The molecule has 1 heterocycles. The predicted molar refractivity (Wildman–Crippen MR) is 67.6 cm³/mol. The molecule has 0 aromatic carbocycles. The van der Waals surface area contributed by atoms with E-state index in [9.17, 15) is 0 Å². The van der Waals surface area contributed by atoms with Crippen LogP contribution in [0.5, 0.6) is 0 Å². The van der Waals surface area contributed by atoms with Crippen LogP contribution in [0.15, 0.2) is 10.6 Å². The molecular formula is C13H23N3O. The summed E-state index contributed by atoms with van der Waals surface area (Å²) in [5.41, 5.74) is 1.01. The number of hydrogen-bond acceptors (Lipinski definition) is 4. The van der Waals surface area contributed by atoms with Crippen LogP contribution in [0.3, 0.4) is 0 Å². The molecule has 0 bridgehead atoms. The summed E-state index contributed by atoms with van der Waals surface area (Å²) in [5, 5.41) is 7.41. The van der Waals surface area contributed by atoms with Crippen LogP contribution in [0.4, 0.5) is 0 Å². The first-order valence-corrected chi connectivity index (χ1v) is 6.65. The Morgan fingerprint density at radius 2 is 2.35 bits per heavy atom. The van der Waals surface area contributed by atoms with Crippen molar-refractivity contribution in [2.75, 3.05) is 13.6 Å². The van der Waals surface area contributed by atoms with Crippen LogP contribution in [0.1, 0.15) is 44.1 Å². The molecule has 1 aliphatic carbocycles. The van der Waals surface area contributed by atoms with E-state index in [0.29, 0.717) is 0 Å². The van der Waals surface area contributed by atoms with Crippen molar-refractivity contribution >= 4 is 0 Å². The summed E-state index contributed by atoms with van der Waals surface area (Å²) in [5.74, 6) is 0.979. The van der Waals surface area contributed by atoms with Gasteiger partial charge in [0.25, 0.3) is 0 Å². The molecule has 1 aromatic heterocycles. The molecule has 1 aliphatic rings. The summed E-state index contributed by atoms with van der Waals surface area (Å²) >= 11 is 0. The van der Waals surface area contributed by atoms with Crippen LogP contribution >= 0.6 is 0 Å². The Labute approximate surface area is 103 Å². The Balaban J connectivity index is 1.76. The highest BCUT2D eigenvalue weighted by atomic mass is 16.5. The highest BCUT2D eigenvalue weighted by molar-refractivity contribution is 5.05. The molecule has 0 amide bonds. The lowest BCUT2D eigenvalue weighted by Crippen LogP contribution is -2.36. The van der Waals surface area contributed by atoms with E-state index in [-0.39, 0.29) is 0 Å². The van der Waals surface area contributed by atoms with Gasteiger partial charge in [-0.2, -0.15) is 0 Å². The molecular weight excluding hydrogens is 214 g/mol. The van der Waals surface area contributed by atoms with Crippen LogP contribution in [-0.4, -0.2) is 29.7 Å². The standard InChI is InChI=1S/C13H23N3O/c1-3-7-14-9-11-8-13(17-15-11)10-16(2)12-5-4-6-12/h8,12,14H,3-7,9-10H2,1-2H3. The molecule has 1 N–H and O–H groups in total. The van der Waals surface area contributed by atoms with Gasteiger partial charge in [0.15, 0.2) is 5.76 Å². The van der Waals surface area contributed by atoms with Crippen LogP contribution in [-0.2, 0) is 13.1 Å². The van der Waals surface area contributed by atoms with Gasteiger partial charge in [-0.25, -0.2) is 0 Å². The zero-order chi connectivity index (χ0) is 12.1. The maximum atomic E-state index is 5.35. The van der Waals surface area contributed by atoms with E-state index in [0.717, 1.165) is 43.6 Å². The van der Waals surface area contributed by atoms with E-state index < -0.39 is 0 Å². The first-order chi connectivity index (χ1) is 8.29. The molecule has 96 valence electrons. The molecule has 1 saturated carbocycles. The third-order valence-corrected chi connectivity index (χ3v) is 3.44. The molecule has 4 nitrogen and oxygen atoms in total. The van der Waals surface area contributed by atoms with Crippen molar-refractivity contribution in [2.45, 2.75) is 51.7 Å². The lowest BCUT2D eigenvalue weighted by Gasteiger charge is -2.33.